The maximum atomic E-state index is 12.1. The van der Waals surface area contributed by atoms with Crippen molar-refractivity contribution in [2.45, 2.75) is 55.9 Å². The molecule has 1 aromatic rings. The number of fused-ring (bicyclic) bond motifs is 1. The molecule has 18 nitrogen and oxygen atoms in total. The van der Waals surface area contributed by atoms with E-state index in [2.05, 4.69) is 21.3 Å². The highest BCUT2D eigenvalue weighted by molar-refractivity contribution is 8.00. The monoisotopic (exact) mass is 873 g/mol. The van der Waals surface area contributed by atoms with Gasteiger partial charge in [0.2, 0.25) is 11.8 Å². The van der Waals surface area contributed by atoms with Crippen molar-refractivity contribution in [2.75, 3.05) is 157 Å². The number of anilines is 1. The average molecular weight is 874 g/mol. The number of benzene rings is 1. The van der Waals surface area contributed by atoms with Gasteiger partial charge in [0.15, 0.2) is 0 Å². The molecule has 4 amide bonds. The van der Waals surface area contributed by atoms with E-state index in [0.717, 1.165) is 42.7 Å². The summed E-state index contributed by atoms with van der Waals surface area (Å²) in [5.74, 6) is 0.961. The number of nitrogens with two attached hydrogens (primary N) is 1. The first-order valence-corrected chi connectivity index (χ1v) is 22.4. The summed E-state index contributed by atoms with van der Waals surface area (Å²) in [7, 11) is 0. The summed E-state index contributed by atoms with van der Waals surface area (Å²) in [6, 6.07) is 8.03. The van der Waals surface area contributed by atoms with Crippen LogP contribution in [-0.2, 0) is 63.4 Å². The standard InChI is InChI=1S/C41H71N5O13S/c42-35-7-5-34(6-8-35)9-11-43-39(48)10-13-50-15-17-52-19-21-54-23-25-56-27-29-58-31-32-59-30-28-57-26-24-55-22-20-53-18-16-51-14-12-44-38(47)4-2-1-3-37-40-36(33-60-37)45-41(49)46-40/h5-8,36-37,40H,1-4,9-33,42H2,(H,43,48)(H,44,47)(H2,45,46,49)/t36-,37-,40-/m0/s1. The fraction of sp³-hybridized carbons (Fsp3) is 0.780. The molecule has 0 aromatic heterocycles. The van der Waals surface area contributed by atoms with E-state index >= 15 is 0 Å². The lowest BCUT2D eigenvalue weighted by molar-refractivity contribution is -0.122. The first kappa shape index (κ1) is 51.5. The minimum Gasteiger partial charge on any atom is -0.399 e. The van der Waals surface area contributed by atoms with Crippen molar-refractivity contribution in [3.05, 3.63) is 29.8 Å². The highest BCUT2D eigenvalue weighted by Crippen LogP contribution is 2.33. The zero-order chi connectivity index (χ0) is 42.6. The molecule has 344 valence electrons. The van der Waals surface area contributed by atoms with Gasteiger partial charge in [-0.15, -0.1) is 0 Å². The van der Waals surface area contributed by atoms with Gasteiger partial charge in [-0.05, 0) is 37.0 Å². The van der Waals surface area contributed by atoms with Gasteiger partial charge in [-0.1, -0.05) is 18.6 Å². The van der Waals surface area contributed by atoms with Crippen molar-refractivity contribution >= 4 is 35.3 Å². The average Bonchev–Trinajstić information content (AvgIpc) is 3.80. The summed E-state index contributed by atoms with van der Waals surface area (Å²) in [6.45, 7) is 10.3. The van der Waals surface area contributed by atoms with Crippen LogP contribution >= 0.6 is 11.8 Å². The van der Waals surface area contributed by atoms with Crippen molar-refractivity contribution < 1.29 is 61.8 Å². The van der Waals surface area contributed by atoms with E-state index < -0.39 is 0 Å². The Morgan fingerprint density at radius 3 is 1.50 bits per heavy atom. The molecular formula is C41H71N5O13S. The molecule has 0 spiro atoms. The molecule has 6 N–H and O–H groups in total. The Bertz CT molecular complexity index is 1240. The van der Waals surface area contributed by atoms with Crippen LogP contribution in [0, 0.1) is 0 Å². The molecule has 0 aliphatic carbocycles. The fourth-order valence-corrected chi connectivity index (χ4v) is 7.53. The molecule has 60 heavy (non-hydrogen) atoms. The highest BCUT2D eigenvalue weighted by Gasteiger charge is 2.42. The highest BCUT2D eigenvalue weighted by atomic mass is 32.2. The Balaban J connectivity index is 0.895. The van der Waals surface area contributed by atoms with Crippen molar-refractivity contribution in [1.82, 2.24) is 21.3 Å². The molecule has 19 heteroatoms. The third-order valence-electron chi connectivity index (χ3n) is 9.19. The van der Waals surface area contributed by atoms with Crippen LogP contribution in [0.4, 0.5) is 10.5 Å². The molecular weight excluding hydrogens is 803 g/mol. The third kappa shape index (κ3) is 27.2. The van der Waals surface area contributed by atoms with Gasteiger partial charge in [0.05, 0.1) is 144 Å². The van der Waals surface area contributed by atoms with E-state index in [0.29, 0.717) is 163 Å². The first-order valence-electron chi connectivity index (χ1n) is 21.3. The number of amides is 4. The summed E-state index contributed by atoms with van der Waals surface area (Å²) in [5, 5.41) is 12.2. The number of hydrogen-bond acceptors (Lipinski definition) is 15. The second kappa shape index (κ2) is 35.7. The molecule has 0 saturated carbocycles. The van der Waals surface area contributed by atoms with Crippen LogP contribution in [0.25, 0.3) is 0 Å². The summed E-state index contributed by atoms with van der Waals surface area (Å²) in [5.41, 5.74) is 7.54. The number of unbranched alkanes of at least 4 members (excludes halogenated alkanes) is 1. The topological polar surface area (TPSA) is 218 Å². The number of rotatable bonds is 41. The second-order valence-corrected chi connectivity index (χ2v) is 15.2. The molecule has 0 radical (unpaired) electrons. The quantitative estimate of drug-likeness (QED) is 0.0356. The smallest absolute Gasteiger partial charge is 0.315 e. The van der Waals surface area contributed by atoms with Gasteiger partial charge in [-0.2, -0.15) is 11.8 Å². The SMILES string of the molecule is Nc1ccc(CCNC(=O)CCOCCOCCOCCOCCOCCOCCOCCOCCOCCOCCNC(=O)CCCC[C@@H]2SC[C@@H]3NC(=O)N[C@@H]32)cc1. The van der Waals surface area contributed by atoms with E-state index in [4.69, 9.17) is 53.1 Å². The van der Waals surface area contributed by atoms with Gasteiger partial charge >= 0.3 is 6.03 Å². The number of urea groups is 1. The number of ether oxygens (including phenoxy) is 10. The minimum absolute atomic E-state index is 0.0349. The van der Waals surface area contributed by atoms with Crippen molar-refractivity contribution in [3.8, 4) is 0 Å². The summed E-state index contributed by atoms with van der Waals surface area (Å²) < 4.78 is 55.0. The van der Waals surface area contributed by atoms with Gasteiger partial charge < -0.3 is 74.4 Å². The number of hydrogen-bond donors (Lipinski definition) is 5. The fourth-order valence-electron chi connectivity index (χ4n) is 5.99. The molecule has 2 aliphatic rings. The Morgan fingerprint density at radius 2 is 1.00 bits per heavy atom. The number of thioether (sulfide) groups is 1. The van der Waals surface area contributed by atoms with Gasteiger partial charge in [0, 0.05) is 42.6 Å². The lowest BCUT2D eigenvalue weighted by Gasteiger charge is -2.16. The van der Waals surface area contributed by atoms with Gasteiger partial charge in [-0.3, -0.25) is 9.59 Å². The van der Waals surface area contributed by atoms with Crippen LogP contribution in [0.2, 0.25) is 0 Å². The summed E-state index contributed by atoms with van der Waals surface area (Å²) in [4.78, 5) is 35.4. The van der Waals surface area contributed by atoms with E-state index in [1.807, 2.05) is 36.0 Å². The molecule has 2 aliphatic heterocycles. The van der Waals surface area contributed by atoms with Crippen LogP contribution in [0.3, 0.4) is 0 Å². The molecule has 2 heterocycles. The Morgan fingerprint density at radius 1 is 0.567 bits per heavy atom. The predicted octanol–water partition coefficient (Wildman–Crippen LogP) is 1.33. The van der Waals surface area contributed by atoms with Gasteiger partial charge in [0.25, 0.3) is 0 Å². The molecule has 3 atom stereocenters. The molecule has 3 rings (SSSR count). The zero-order valence-electron chi connectivity index (χ0n) is 35.3. The Labute approximate surface area is 359 Å². The lowest BCUT2D eigenvalue weighted by Crippen LogP contribution is -2.36. The van der Waals surface area contributed by atoms with Crippen molar-refractivity contribution in [1.29, 1.82) is 0 Å². The summed E-state index contributed by atoms with van der Waals surface area (Å²) in [6.07, 6.45) is 4.39. The predicted molar refractivity (Wildman–Crippen MR) is 227 cm³/mol. The van der Waals surface area contributed by atoms with Gasteiger partial charge in [0.1, 0.15) is 0 Å². The van der Waals surface area contributed by atoms with Crippen LogP contribution in [0.1, 0.15) is 37.7 Å². The molecule has 0 unspecified atom stereocenters. The number of carbonyl (C=O) groups is 3. The van der Waals surface area contributed by atoms with Crippen LogP contribution in [0.5, 0.6) is 0 Å². The number of carbonyl (C=O) groups excluding carboxylic acids is 3. The lowest BCUT2D eigenvalue weighted by atomic mass is 10.0. The minimum atomic E-state index is -0.0632. The van der Waals surface area contributed by atoms with Gasteiger partial charge in [-0.25, -0.2) is 4.79 Å². The van der Waals surface area contributed by atoms with Crippen LogP contribution in [0.15, 0.2) is 24.3 Å². The van der Waals surface area contributed by atoms with Crippen LogP contribution in [-0.4, -0.2) is 186 Å². The van der Waals surface area contributed by atoms with E-state index in [1.54, 1.807) is 0 Å². The third-order valence-corrected chi connectivity index (χ3v) is 10.7. The largest absolute Gasteiger partial charge is 0.399 e. The molecule has 0 bridgehead atoms. The first-order chi connectivity index (χ1) is 29.5. The van der Waals surface area contributed by atoms with Crippen molar-refractivity contribution in [3.63, 3.8) is 0 Å². The Hall–Kier alpha value is -2.82. The molecule has 2 saturated heterocycles. The van der Waals surface area contributed by atoms with E-state index in [1.165, 1.54) is 0 Å². The normalized spacial score (nSPS) is 17.1. The Kier molecular flexibility index (Phi) is 30.7. The van der Waals surface area contributed by atoms with E-state index in [9.17, 15) is 14.4 Å². The van der Waals surface area contributed by atoms with Crippen molar-refractivity contribution in [2.24, 2.45) is 0 Å². The van der Waals surface area contributed by atoms with Crippen LogP contribution < -0.4 is 27.0 Å². The maximum Gasteiger partial charge on any atom is 0.315 e. The summed E-state index contributed by atoms with van der Waals surface area (Å²) >= 11 is 1.90. The van der Waals surface area contributed by atoms with E-state index in [-0.39, 0.29) is 29.9 Å². The maximum absolute atomic E-state index is 12.1. The second-order valence-electron chi connectivity index (χ2n) is 13.9. The molecule has 2 fully saturated rings. The molecule has 1 aromatic carbocycles. The zero-order valence-corrected chi connectivity index (χ0v) is 36.2. The number of nitrogens with one attached hydrogen (secondary N) is 4. The number of nitrogen functional groups attached to an aromatic ring is 1.